The summed E-state index contributed by atoms with van der Waals surface area (Å²) in [5.41, 5.74) is 2.47. The molecule has 2 aliphatic rings. The van der Waals surface area contributed by atoms with Crippen LogP contribution in [0, 0.1) is 0 Å². The van der Waals surface area contributed by atoms with Crippen molar-refractivity contribution in [3.05, 3.63) is 34.9 Å². The number of imide groups is 1. The SMILES string of the molecule is CCCCCC(=O)CC(C)c1ccc2c(c1)C(=O)N(C1CCC(=O)NC1=O)C2. The molecule has 1 N–H and O–H groups in total. The first-order valence-electron chi connectivity index (χ1n) is 10.2. The highest BCUT2D eigenvalue weighted by Crippen LogP contribution is 2.31. The van der Waals surface area contributed by atoms with Crippen molar-refractivity contribution >= 4 is 23.5 Å². The molecule has 1 saturated heterocycles. The van der Waals surface area contributed by atoms with Gasteiger partial charge < -0.3 is 4.90 Å². The van der Waals surface area contributed by atoms with E-state index in [2.05, 4.69) is 12.2 Å². The van der Waals surface area contributed by atoms with E-state index in [1.54, 1.807) is 4.90 Å². The number of hydrogen-bond acceptors (Lipinski definition) is 4. The lowest BCUT2D eigenvalue weighted by Crippen LogP contribution is -2.52. The Morgan fingerprint density at radius 1 is 1.25 bits per heavy atom. The van der Waals surface area contributed by atoms with Crippen LogP contribution in [0.1, 0.15) is 86.2 Å². The van der Waals surface area contributed by atoms with Crippen LogP contribution in [-0.4, -0.2) is 34.4 Å². The van der Waals surface area contributed by atoms with Gasteiger partial charge in [0.2, 0.25) is 11.8 Å². The fourth-order valence-corrected chi connectivity index (χ4v) is 4.01. The molecular formula is C22H28N2O4. The van der Waals surface area contributed by atoms with Gasteiger partial charge in [0.25, 0.3) is 5.91 Å². The fourth-order valence-electron chi connectivity index (χ4n) is 4.01. The normalized spacial score (nSPS) is 20.1. The largest absolute Gasteiger partial charge is 0.322 e. The predicted molar refractivity (Wildman–Crippen MR) is 105 cm³/mol. The summed E-state index contributed by atoms with van der Waals surface area (Å²) in [6.45, 7) is 4.51. The number of Topliss-reactive ketones (excluding diaryl/α,β-unsaturated/α-hetero) is 1. The Balaban J connectivity index is 1.67. The third-order valence-electron chi connectivity index (χ3n) is 5.71. The van der Waals surface area contributed by atoms with Crippen LogP contribution in [0.3, 0.4) is 0 Å². The number of amides is 3. The van der Waals surface area contributed by atoms with Crippen LogP contribution in [-0.2, 0) is 20.9 Å². The van der Waals surface area contributed by atoms with E-state index < -0.39 is 11.9 Å². The van der Waals surface area contributed by atoms with Crippen LogP contribution in [0.15, 0.2) is 18.2 Å². The maximum absolute atomic E-state index is 12.9. The van der Waals surface area contributed by atoms with Crippen molar-refractivity contribution in [2.45, 2.75) is 77.3 Å². The monoisotopic (exact) mass is 384 g/mol. The Hall–Kier alpha value is -2.50. The summed E-state index contributed by atoms with van der Waals surface area (Å²) in [7, 11) is 0. The zero-order chi connectivity index (χ0) is 20.3. The lowest BCUT2D eigenvalue weighted by Gasteiger charge is -2.29. The number of benzene rings is 1. The zero-order valence-electron chi connectivity index (χ0n) is 16.6. The molecule has 0 aromatic heterocycles. The molecule has 0 spiro atoms. The molecule has 150 valence electrons. The number of fused-ring (bicyclic) bond motifs is 1. The molecule has 2 aliphatic heterocycles. The molecule has 2 heterocycles. The summed E-state index contributed by atoms with van der Waals surface area (Å²) in [5, 5.41) is 2.32. The van der Waals surface area contributed by atoms with Crippen LogP contribution in [0.4, 0.5) is 0 Å². The van der Waals surface area contributed by atoms with Crippen LogP contribution in [0.2, 0.25) is 0 Å². The molecule has 2 unspecified atom stereocenters. The van der Waals surface area contributed by atoms with E-state index in [1.165, 1.54) is 0 Å². The lowest BCUT2D eigenvalue weighted by molar-refractivity contribution is -0.137. The summed E-state index contributed by atoms with van der Waals surface area (Å²) in [6, 6.07) is 5.17. The first kappa shape index (κ1) is 20.2. The quantitative estimate of drug-likeness (QED) is 0.551. The second kappa shape index (κ2) is 8.67. The topological polar surface area (TPSA) is 83.6 Å². The minimum absolute atomic E-state index is 0.0527. The molecule has 1 fully saturated rings. The molecule has 1 aromatic carbocycles. The molecule has 0 saturated carbocycles. The third-order valence-corrected chi connectivity index (χ3v) is 5.71. The highest BCUT2D eigenvalue weighted by molar-refractivity contribution is 6.05. The van der Waals surface area contributed by atoms with Crippen molar-refractivity contribution in [3.8, 4) is 0 Å². The average molecular weight is 384 g/mol. The molecule has 6 heteroatoms. The number of carbonyl (C=O) groups excluding carboxylic acids is 4. The van der Waals surface area contributed by atoms with E-state index in [1.807, 2.05) is 25.1 Å². The number of piperidine rings is 1. The van der Waals surface area contributed by atoms with E-state index in [0.717, 1.165) is 30.4 Å². The second-order valence-electron chi connectivity index (χ2n) is 7.92. The van der Waals surface area contributed by atoms with E-state index in [0.29, 0.717) is 31.4 Å². The van der Waals surface area contributed by atoms with E-state index in [9.17, 15) is 19.2 Å². The molecule has 0 bridgehead atoms. The highest BCUT2D eigenvalue weighted by atomic mass is 16.2. The summed E-state index contributed by atoms with van der Waals surface area (Å²) in [6.07, 6.45) is 4.81. The van der Waals surface area contributed by atoms with E-state index in [4.69, 9.17) is 0 Å². The summed E-state index contributed by atoms with van der Waals surface area (Å²) < 4.78 is 0. The maximum atomic E-state index is 12.9. The van der Waals surface area contributed by atoms with Gasteiger partial charge in [0.05, 0.1) is 0 Å². The van der Waals surface area contributed by atoms with E-state index >= 15 is 0 Å². The molecular weight excluding hydrogens is 356 g/mol. The smallest absolute Gasteiger partial charge is 0.255 e. The summed E-state index contributed by atoms with van der Waals surface area (Å²) in [5.74, 6) is -0.545. The number of nitrogens with zero attached hydrogens (tertiary/aromatic N) is 1. The molecule has 1 aromatic rings. The van der Waals surface area contributed by atoms with Crippen LogP contribution in [0.25, 0.3) is 0 Å². The number of hydrogen-bond donors (Lipinski definition) is 1. The average Bonchev–Trinajstić information content (AvgIpc) is 2.98. The van der Waals surface area contributed by atoms with E-state index in [-0.39, 0.29) is 29.9 Å². The Bertz CT molecular complexity index is 802. The van der Waals surface area contributed by atoms with Gasteiger partial charge in [-0.1, -0.05) is 38.8 Å². The molecule has 3 amide bonds. The van der Waals surface area contributed by atoms with Crippen molar-refractivity contribution in [3.63, 3.8) is 0 Å². The number of rotatable bonds is 8. The molecule has 6 nitrogen and oxygen atoms in total. The van der Waals surface area contributed by atoms with Crippen LogP contribution < -0.4 is 5.32 Å². The van der Waals surface area contributed by atoms with Gasteiger partial charge in [-0.2, -0.15) is 0 Å². The number of unbranched alkanes of at least 4 members (excludes halogenated alkanes) is 2. The van der Waals surface area contributed by atoms with Gasteiger partial charge >= 0.3 is 0 Å². The summed E-state index contributed by atoms with van der Waals surface area (Å²) in [4.78, 5) is 50.1. The van der Waals surface area contributed by atoms with Gasteiger partial charge in [0.1, 0.15) is 11.8 Å². The Labute approximate surface area is 165 Å². The van der Waals surface area contributed by atoms with Gasteiger partial charge in [-0.05, 0) is 36.0 Å². The molecule has 28 heavy (non-hydrogen) atoms. The van der Waals surface area contributed by atoms with Crippen molar-refractivity contribution in [1.29, 1.82) is 0 Å². The maximum Gasteiger partial charge on any atom is 0.255 e. The Morgan fingerprint density at radius 2 is 2.04 bits per heavy atom. The Kier molecular flexibility index (Phi) is 6.27. The van der Waals surface area contributed by atoms with Gasteiger partial charge in [0.15, 0.2) is 0 Å². The minimum atomic E-state index is -0.599. The second-order valence-corrected chi connectivity index (χ2v) is 7.92. The number of ketones is 1. The number of nitrogens with one attached hydrogen (secondary N) is 1. The lowest BCUT2D eigenvalue weighted by atomic mass is 9.92. The van der Waals surface area contributed by atoms with Gasteiger partial charge in [-0.25, -0.2) is 0 Å². The first-order valence-corrected chi connectivity index (χ1v) is 10.2. The van der Waals surface area contributed by atoms with Crippen molar-refractivity contribution in [2.24, 2.45) is 0 Å². The third kappa shape index (κ3) is 4.32. The molecule has 0 radical (unpaired) electrons. The highest BCUT2D eigenvalue weighted by Gasteiger charge is 2.39. The molecule has 0 aliphatic carbocycles. The minimum Gasteiger partial charge on any atom is -0.322 e. The molecule has 2 atom stereocenters. The zero-order valence-corrected chi connectivity index (χ0v) is 16.6. The number of carbonyl (C=O) groups is 4. The molecule has 3 rings (SSSR count). The Morgan fingerprint density at radius 3 is 2.75 bits per heavy atom. The summed E-state index contributed by atoms with van der Waals surface area (Å²) >= 11 is 0. The van der Waals surface area contributed by atoms with Crippen molar-refractivity contribution in [1.82, 2.24) is 10.2 Å². The van der Waals surface area contributed by atoms with Crippen molar-refractivity contribution < 1.29 is 19.2 Å². The van der Waals surface area contributed by atoms with Gasteiger partial charge in [-0.3, -0.25) is 24.5 Å². The van der Waals surface area contributed by atoms with Crippen molar-refractivity contribution in [2.75, 3.05) is 0 Å². The van der Waals surface area contributed by atoms with Crippen LogP contribution >= 0.6 is 0 Å². The standard InChI is InChI=1S/C22H28N2O4/c1-3-4-5-6-17(25)11-14(2)15-7-8-16-13-24(22(28)18(16)12-15)19-9-10-20(26)23-21(19)27/h7-8,12,14,19H,3-6,9-11,13H2,1-2H3,(H,23,26,27). The first-order chi connectivity index (χ1) is 13.4. The van der Waals surface area contributed by atoms with Gasteiger partial charge in [0, 0.05) is 31.4 Å². The van der Waals surface area contributed by atoms with Crippen LogP contribution in [0.5, 0.6) is 0 Å². The van der Waals surface area contributed by atoms with Gasteiger partial charge in [-0.15, -0.1) is 0 Å². The fraction of sp³-hybridized carbons (Fsp3) is 0.545. The predicted octanol–water partition coefficient (Wildman–Crippen LogP) is 3.09.